The number of amides is 2. The molecule has 0 aliphatic carbocycles. The molecule has 0 bridgehead atoms. The first-order valence-corrected chi connectivity index (χ1v) is 9.81. The molecule has 29 heavy (non-hydrogen) atoms. The van der Waals surface area contributed by atoms with Crippen molar-refractivity contribution in [3.8, 4) is 5.75 Å². The molecule has 1 unspecified atom stereocenters. The van der Waals surface area contributed by atoms with Gasteiger partial charge in [-0.2, -0.15) is 0 Å². The van der Waals surface area contributed by atoms with Crippen LogP contribution in [0.1, 0.15) is 16.7 Å². The highest BCUT2D eigenvalue weighted by Crippen LogP contribution is 2.39. The number of hydrogen-bond acceptors (Lipinski definition) is 7. The number of likely N-dealkylation sites (N-methyl/N-ethyl adjacent to an activating group) is 1. The maximum Gasteiger partial charge on any atom is 0.289 e. The minimum Gasteiger partial charge on any atom is -0.484 e. The molecular formula is C21H15N3O4S. The zero-order chi connectivity index (χ0) is 20.0. The minimum absolute atomic E-state index is 0.208. The molecule has 2 amide bonds. The Bertz CT molecular complexity index is 1240. The van der Waals surface area contributed by atoms with Crippen LogP contribution in [-0.4, -0.2) is 33.1 Å². The van der Waals surface area contributed by atoms with Gasteiger partial charge in [0.1, 0.15) is 16.5 Å². The lowest BCUT2D eigenvalue weighted by Crippen LogP contribution is -2.24. The third-order valence-corrected chi connectivity index (χ3v) is 5.91. The Labute approximate surface area is 169 Å². The van der Waals surface area contributed by atoms with Crippen LogP contribution in [0.25, 0.3) is 22.0 Å². The maximum atomic E-state index is 12.2. The zero-order valence-electron chi connectivity index (χ0n) is 15.4. The van der Waals surface area contributed by atoms with Crippen LogP contribution >= 0.6 is 11.8 Å². The van der Waals surface area contributed by atoms with E-state index in [1.165, 1.54) is 7.05 Å². The molecule has 1 saturated heterocycles. The summed E-state index contributed by atoms with van der Waals surface area (Å²) in [6.45, 7) is 0.208. The second-order valence-electron chi connectivity index (χ2n) is 6.65. The van der Waals surface area contributed by atoms with Crippen LogP contribution in [-0.2, 0) is 11.4 Å². The van der Waals surface area contributed by atoms with Crippen molar-refractivity contribution in [2.75, 3.05) is 7.05 Å². The van der Waals surface area contributed by atoms with Crippen molar-refractivity contribution < 1.29 is 18.7 Å². The highest BCUT2D eigenvalue weighted by molar-refractivity contribution is 8.14. The minimum atomic E-state index is -0.542. The topological polar surface area (TPSA) is 85.5 Å². The monoisotopic (exact) mass is 405 g/mol. The van der Waals surface area contributed by atoms with E-state index in [0.29, 0.717) is 17.2 Å². The number of carbonyl (C=O) groups is 2. The third-order valence-electron chi connectivity index (χ3n) is 4.73. The largest absolute Gasteiger partial charge is 0.484 e. The number of pyridine rings is 1. The van der Waals surface area contributed by atoms with Crippen LogP contribution < -0.4 is 4.74 Å². The average molecular weight is 405 g/mol. The molecule has 1 aliphatic heterocycles. The second-order valence-corrected chi connectivity index (χ2v) is 7.70. The van der Waals surface area contributed by atoms with Crippen molar-refractivity contribution in [1.29, 1.82) is 0 Å². The molecular weight excluding hydrogens is 390 g/mol. The van der Waals surface area contributed by atoms with Gasteiger partial charge in [0.2, 0.25) is 11.8 Å². The Balaban J connectivity index is 1.35. The summed E-state index contributed by atoms with van der Waals surface area (Å²) in [5.41, 5.74) is 2.97. The third kappa shape index (κ3) is 3.21. The van der Waals surface area contributed by atoms with Gasteiger partial charge in [0.15, 0.2) is 12.2 Å². The van der Waals surface area contributed by atoms with Crippen molar-refractivity contribution in [2.45, 2.75) is 11.9 Å². The SMILES string of the molecule is CN1C(=O)SC(c2cnc3cc(OCc4nc5ccccc5o4)ccc3c2)C1=O. The summed E-state index contributed by atoms with van der Waals surface area (Å²) in [7, 11) is 1.49. The number of thioether (sulfide) groups is 1. The Morgan fingerprint density at radius 3 is 2.79 bits per heavy atom. The highest BCUT2D eigenvalue weighted by Gasteiger charge is 2.38. The standard InChI is InChI=1S/C21H15N3O4S/c1-24-20(25)19(29-21(24)26)13-8-12-6-7-14(9-16(12)22-10-13)27-11-18-23-15-4-2-3-5-17(15)28-18/h2-10,19H,11H2,1H3. The molecule has 2 aromatic carbocycles. The van der Waals surface area contributed by atoms with Crippen LogP contribution in [0.5, 0.6) is 5.75 Å². The lowest BCUT2D eigenvalue weighted by atomic mass is 10.1. The highest BCUT2D eigenvalue weighted by atomic mass is 32.2. The van der Waals surface area contributed by atoms with Crippen molar-refractivity contribution in [2.24, 2.45) is 0 Å². The number of benzene rings is 2. The number of para-hydroxylation sites is 2. The second kappa shape index (κ2) is 6.89. The van der Waals surface area contributed by atoms with E-state index in [0.717, 1.165) is 38.7 Å². The zero-order valence-corrected chi connectivity index (χ0v) is 16.2. The van der Waals surface area contributed by atoms with E-state index in [9.17, 15) is 9.59 Å². The first-order valence-electron chi connectivity index (χ1n) is 8.93. The molecule has 0 spiro atoms. The Hall–Kier alpha value is -3.39. The fourth-order valence-electron chi connectivity index (χ4n) is 3.18. The number of rotatable bonds is 4. The van der Waals surface area contributed by atoms with Gasteiger partial charge in [0.05, 0.1) is 5.52 Å². The maximum absolute atomic E-state index is 12.2. The molecule has 3 heterocycles. The number of hydrogen-bond donors (Lipinski definition) is 0. The molecule has 1 atom stereocenters. The van der Waals surface area contributed by atoms with E-state index in [2.05, 4.69) is 9.97 Å². The van der Waals surface area contributed by atoms with Gasteiger partial charge in [-0.05, 0) is 47.7 Å². The number of ether oxygens (including phenoxy) is 1. The molecule has 4 aromatic rings. The predicted octanol–water partition coefficient (Wildman–Crippen LogP) is 4.32. The van der Waals surface area contributed by atoms with Gasteiger partial charge in [0, 0.05) is 24.7 Å². The van der Waals surface area contributed by atoms with E-state index in [-0.39, 0.29) is 17.8 Å². The van der Waals surface area contributed by atoms with E-state index >= 15 is 0 Å². The van der Waals surface area contributed by atoms with E-state index in [1.807, 2.05) is 48.5 Å². The molecule has 2 aromatic heterocycles. The Morgan fingerprint density at radius 1 is 1.14 bits per heavy atom. The number of imide groups is 1. The van der Waals surface area contributed by atoms with Crippen LogP contribution in [0.3, 0.4) is 0 Å². The van der Waals surface area contributed by atoms with Crippen LogP contribution in [0.4, 0.5) is 4.79 Å². The van der Waals surface area contributed by atoms with Gasteiger partial charge in [0.25, 0.3) is 5.24 Å². The average Bonchev–Trinajstić information content (AvgIpc) is 3.27. The summed E-state index contributed by atoms with van der Waals surface area (Å²) in [5.74, 6) is 0.917. The molecule has 7 nitrogen and oxygen atoms in total. The summed E-state index contributed by atoms with van der Waals surface area (Å²) in [4.78, 5) is 33.9. The molecule has 0 radical (unpaired) electrons. The number of aromatic nitrogens is 2. The number of nitrogens with zero attached hydrogens (tertiary/aromatic N) is 3. The van der Waals surface area contributed by atoms with Crippen molar-refractivity contribution in [3.63, 3.8) is 0 Å². The summed E-state index contributed by atoms with van der Waals surface area (Å²) in [6.07, 6.45) is 1.63. The summed E-state index contributed by atoms with van der Waals surface area (Å²) < 4.78 is 11.5. The molecule has 5 rings (SSSR count). The van der Waals surface area contributed by atoms with E-state index < -0.39 is 5.25 Å². The lowest BCUT2D eigenvalue weighted by molar-refractivity contribution is -0.125. The van der Waals surface area contributed by atoms with Crippen molar-refractivity contribution in [1.82, 2.24) is 14.9 Å². The number of fused-ring (bicyclic) bond motifs is 2. The van der Waals surface area contributed by atoms with Gasteiger partial charge in [-0.25, -0.2) is 4.98 Å². The van der Waals surface area contributed by atoms with E-state index in [4.69, 9.17) is 9.15 Å². The normalized spacial score (nSPS) is 16.9. The van der Waals surface area contributed by atoms with Crippen LogP contribution in [0.15, 0.2) is 59.1 Å². The Kier molecular flexibility index (Phi) is 4.21. The van der Waals surface area contributed by atoms with Gasteiger partial charge in [-0.1, -0.05) is 12.1 Å². The molecule has 1 aliphatic rings. The predicted molar refractivity (Wildman–Crippen MR) is 109 cm³/mol. The summed E-state index contributed by atoms with van der Waals surface area (Å²) in [6, 6.07) is 15.0. The molecule has 8 heteroatoms. The molecule has 144 valence electrons. The first-order chi connectivity index (χ1) is 14.1. The quantitative estimate of drug-likeness (QED) is 0.500. The first kappa shape index (κ1) is 17.7. The smallest absolute Gasteiger partial charge is 0.289 e. The van der Waals surface area contributed by atoms with Crippen LogP contribution in [0.2, 0.25) is 0 Å². The Morgan fingerprint density at radius 2 is 2.00 bits per heavy atom. The molecule has 0 N–H and O–H groups in total. The van der Waals surface area contributed by atoms with Gasteiger partial charge >= 0.3 is 0 Å². The molecule has 0 saturated carbocycles. The summed E-state index contributed by atoms with van der Waals surface area (Å²) >= 11 is 1.01. The lowest BCUT2D eigenvalue weighted by Gasteiger charge is -2.09. The van der Waals surface area contributed by atoms with Gasteiger partial charge < -0.3 is 9.15 Å². The molecule has 1 fully saturated rings. The fourth-order valence-corrected chi connectivity index (χ4v) is 4.16. The number of oxazole rings is 1. The fraction of sp³-hybridized carbons (Fsp3) is 0.143. The van der Waals surface area contributed by atoms with Gasteiger partial charge in [-0.15, -0.1) is 0 Å². The van der Waals surface area contributed by atoms with Crippen molar-refractivity contribution >= 4 is 44.9 Å². The summed E-state index contributed by atoms with van der Waals surface area (Å²) in [5, 5.41) is 0.0784. The van der Waals surface area contributed by atoms with Crippen LogP contribution in [0, 0.1) is 0 Å². The number of carbonyl (C=O) groups excluding carboxylic acids is 2. The van der Waals surface area contributed by atoms with E-state index in [1.54, 1.807) is 6.20 Å². The van der Waals surface area contributed by atoms with Crippen molar-refractivity contribution in [3.05, 3.63) is 66.2 Å². The van der Waals surface area contributed by atoms with Gasteiger partial charge in [-0.3, -0.25) is 19.5 Å².